The van der Waals surface area contributed by atoms with Gasteiger partial charge in [0.2, 0.25) is 0 Å². The van der Waals surface area contributed by atoms with Gasteiger partial charge in [0.05, 0.1) is 5.56 Å². The topological polar surface area (TPSA) is 98.7 Å². The number of hydrogen-bond donors (Lipinski definition) is 4. The summed E-state index contributed by atoms with van der Waals surface area (Å²) in [4.78, 5) is 20.6. The first-order valence-electron chi connectivity index (χ1n) is 7.37. The fourth-order valence-electron chi connectivity index (χ4n) is 1.93. The third-order valence-electron chi connectivity index (χ3n) is 2.94. The highest BCUT2D eigenvalue weighted by Crippen LogP contribution is 2.22. The number of carboxylic acid groups (broad SMARTS) is 1. The Balaban J connectivity index is 0.000000648. The lowest BCUT2D eigenvalue weighted by Crippen LogP contribution is -2.14. The Bertz CT molecular complexity index is 697. The van der Waals surface area contributed by atoms with E-state index in [4.69, 9.17) is 5.11 Å². The van der Waals surface area contributed by atoms with Gasteiger partial charge in [-0.1, -0.05) is 24.3 Å². The average molecular weight is 330 g/mol. The highest BCUT2D eigenvalue weighted by atomic mass is 16.4. The van der Waals surface area contributed by atoms with Crippen molar-refractivity contribution in [1.82, 2.24) is 0 Å². The SMILES string of the molecule is CC(C)=O.CNc1cccc(NC(O)c2ccccc2C(=O)O)c1. The molecule has 6 heteroatoms. The Kier molecular flexibility index (Phi) is 7.45. The van der Waals surface area contributed by atoms with Gasteiger partial charge in [-0.05, 0) is 38.1 Å². The predicted molar refractivity (Wildman–Crippen MR) is 94.3 cm³/mol. The van der Waals surface area contributed by atoms with E-state index in [1.807, 2.05) is 18.2 Å². The van der Waals surface area contributed by atoms with Crippen molar-refractivity contribution < 1.29 is 19.8 Å². The summed E-state index contributed by atoms with van der Waals surface area (Å²) in [7, 11) is 1.80. The minimum Gasteiger partial charge on any atom is -0.478 e. The Morgan fingerprint density at radius 3 is 2.17 bits per heavy atom. The van der Waals surface area contributed by atoms with E-state index in [1.165, 1.54) is 19.9 Å². The fraction of sp³-hybridized carbons (Fsp3) is 0.222. The maximum atomic E-state index is 11.1. The first-order valence-corrected chi connectivity index (χ1v) is 7.37. The summed E-state index contributed by atoms with van der Waals surface area (Å²) in [5, 5.41) is 25.2. The van der Waals surface area contributed by atoms with Gasteiger partial charge in [-0.2, -0.15) is 0 Å². The molecule has 2 aromatic rings. The van der Waals surface area contributed by atoms with Crippen LogP contribution in [0.5, 0.6) is 0 Å². The number of ketones is 1. The number of aliphatic hydroxyl groups excluding tert-OH is 1. The van der Waals surface area contributed by atoms with E-state index < -0.39 is 12.2 Å². The zero-order valence-corrected chi connectivity index (χ0v) is 13.9. The van der Waals surface area contributed by atoms with Crippen molar-refractivity contribution in [3.63, 3.8) is 0 Å². The maximum absolute atomic E-state index is 11.1. The molecule has 0 spiro atoms. The molecule has 0 aromatic heterocycles. The Morgan fingerprint density at radius 2 is 1.58 bits per heavy atom. The van der Waals surface area contributed by atoms with E-state index in [9.17, 15) is 14.7 Å². The molecule has 0 aliphatic carbocycles. The number of hydrogen-bond acceptors (Lipinski definition) is 5. The normalized spacial score (nSPS) is 10.8. The van der Waals surface area contributed by atoms with Crippen LogP contribution in [0.4, 0.5) is 11.4 Å². The fourth-order valence-corrected chi connectivity index (χ4v) is 1.93. The minimum absolute atomic E-state index is 0.0808. The summed E-state index contributed by atoms with van der Waals surface area (Å²) in [6.07, 6.45) is -1.09. The quantitative estimate of drug-likeness (QED) is 0.629. The number of rotatable bonds is 5. The van der Waals surface area contributed by atoms with E-state index in [-0.39, 0.29) is 11.3 Å². The summed E-state index contributed by atoms with van der Waals surface area (Å²) < 4.78 is 0. The van der Waals surface area contributed by atoms with Crippen LogP contribution in [-0.2, 0) is 4.79 Å². The molecule has 1 unspecified atom stereocenters. The predicted octanol–water partition coefficient (Wildman–Crippen LogP) is 3.12. The van der Waals surface area contributed by atoms with E-state index in [1.54, 1.807) is 31.3 Å². The first kappa shape index (κ1) is 19.2. The summed E-state index contributed by atoms with van der Waals surface area (Å²) in [5.41, 5.74) is 2.00. The van der Waals surface area contributed by atoms with Gasteiger partial charge in [-0.3, -0.25) is 0 Å². The highest BCUT2D eigenvalue weighted by Gasteiger charge is 2.16. The van der Waals surface area contributed by atoms with Gasteiger partial charge in [-0.15, -0.1) is 0 Å². The number of aliphatic hydroxyl groups is 1. The molecule has 0 saturated heterocycles. The van der Waals surface area contributed by atoms with E-state index in [0.29, 0.717) is 11.3 Å². The van der Waals surface area contributed by atoms with Crippen LogP contribution in [0.3, 0.4) is 0 Å². The molecule has 2 rings (SSSR count). The number of carbonyl (C=O) groups excluding carboxylic acids is 1. The van der Waals surface area contributed by atoms with Gasteiger partial charge >= 0.3 is 5.97 Å². The van der Waals surface area contributed by atoms with Crippen LogP contribution in [0.15, 0.2) is 48.5 Å². The summed E-state index contributed by atoms with van der Waals surface area (Å²) in [6.45, 7) is 3.06. The molecule has 0 fully saturated rings. The molecule has 0 bridgehead atoms. The molecular weight excluding hydrogens is 308 g/mol. The molecule has 0 saturated carbocycles. The molecule has 6 nitrogen and oxygen atoms in total. The van der Waals surface area contributed by atoms with Crippen molar-refractivity contribution in [2.24, 2.45) is 0 Å². The van der Waals surface area contributed by atoms with Gasteiger partial charge < -0.3 is 25.6 Å². The average Bonchev–Trinajstić information content (AvgIpc) is 2.54. The number of carbonyl (C=O) groups is 2. The summed E-state index contributed by atoms with van der Waals surface area (Å²) >= 11 is 0. The molecule has 0 aliphatic rings. The lowest BCUT2D eigenvalue weighted by atomic mass is 10.1. The van der Waals surface area contributed by atoms with Crippen molar-refractivity contribution in [2.45, 2.75) is 20.1 Å². The first-order chi connectivity index (χ1) is 11.3. The standard InChI is InChI=1S/C15H16N2O3.C3H6O/c1-16-10-5-4-6-11(9-10)17-14(18)12-7-2-3-8-13(12)15(19)20;1-3(2)4/h2-9,14,16-18H,1H3,(H,19,20);1-2H3. The molecule has 0 radical (unpaired) electrons. The molecule has 24 heavy (non-hydrogen) atoms. The van der Waals surface area contributed by atoms with E-state index in [0.717, 1.165) is 5.69 Å². The lowest BCUT2D eigenvalue weighted by Gasteiger charge is -2.17. The Morgan fingerprint density at radius 1 is 1.00 bits per heavy atom. The molecule has 2 aromatic carbocycles. The van der Waals surface area contributed by atoms with Crippen LogP contribution in [0.25, 0.3) is 0 Å². The molecular formula is C18H22N2O4. The maximum Gasteiger partial charge on any atom is 0.336 e. The van der Waals surface area contributed by atoms with Crippen LogP contribution < -0.4 is 10.6 Å². The second-order valence-corrected chi connectivity index (χ2v) is 5.18. The number of aromatic carboxylic acids is 1. The number of anilines is 2. The molecule has 0 heterocycles. The van der Waals surface area contributed by atoms with Gasteiger partial charge in [-0.25, -0.2) is 4.79 Å². The number of Topliss-reactive ketones (excluding diaryl/α,β-unsaturated/α-hetero) is 1. The molecule has 4 N–H and O–H groups in total. The zero-order valence-electron chi connectivity index (χ0n) is 13.9. The molecule has 0 amide bonds. The van der Waals surface area contributed by atoms with Gasteiger partial charge in [0.15, 0.2) is 6.23 Å². The van der Waals surface area contributed by atoms with Crippen LogP contribution >= 0.6 is 0 Å². The number of nitrogens with one attached hydrogen (secondary N) is 2. The second kappa shape index (κ2) is 9.32. The van der Waals surface area contributed by atoms with Crippen LogP contribution in [0.2, 0.25) is 0 Å². The lowest BCUT2D eigenvalue weighted by molar-refractivity contribution is -0.115. The number of carboxylic acids is 1. The monoisotopic (exact) mass is 330 g/mol. The summed E-state index contributed by atoms with van der Waals surface area (Å²) in [6, 6.07) is 13.7. The molecule has 128 valence electrons. The second-order valence-electron chi connectivity index (χ2n) is 5.18. The van der Waals surface area contributed by atoms with Crippen molar-refractivity contribution >= 4 is 23.1 Å². The van der Waals surface area contributed by atoms with Gasteiger partial charge in [0.1, 0.15) is 5.78 Å². The number of benzene rings is 2. The van der Waals surface area contributed by atoms with Crippen LogP contribution in [0.1, 0.15) is 36.0 Å². The zero-order chi connectivity index (χ0) is 18.1. The Labute approximate surface area is 141 Å². The van der Waals surface area contributed by atoms with Crippen molar-refractivity contribution in [1.29, 1.82) is 0 Å². The molecule has 0 aliphatic heterocycles. The van der Waals surface area contributed by atoms with Crippen LogP contribution in [-0.4, -0.2) is 29.0 Å². The van der Waals surface area contributed by atoms with Crippen LogP contribution in [0, 0.1) is 0 Å². The Hall–Kier alpha value is -2.86. The van der Waals surface area contributed by atoms with Crippen molar-refractivity contribution in [3.05, 3.63) is 59.7 Å². The highest BCUT2D eigenvalue weighted by molar-refractivity contribution is 5.89. The van der Waals surface area contributed by atoms with Crippen molar-refractivity contribution in [2.75, 3.05) is 17.7 Å². The largest absolute Gasteiger partial charge is 0.478 e. The smallest absolute Gasteiger partial charge is 0.336 e. The van der Waals surface area contributed by atoms with Crippen molar-refractivity contribution in [3.8, 4) is 0 Å². The summed E-state index contributed by atoms with van der Waals surface area (Å²) in [5.74, 6) is -0.898. The minimum atomic E-state index is -1.09. The molecule has 1 atom stereocenters. The van der Waals surface area contributed by atoms with Gasteiger partial charge in [0, 0.05) is 24.0 Å². The third kappa shape index (κ3) is 6.10. The third-order valence-corrected chi connectivity index (χ3v) is 2.94. The van der Waals surface area contributed by atoms with Gasteiger partial charge in [0.25, 0.3) is 0 Å². The van der Waals surface area contributed by atoms with E-state index in [2.05, 4.69) is 10.6 Å². The van der Waals surface area contributed by atoms with E-state index >= 15 is 0 Å².